The highest BCUT2D eigenvalue weighted by Crippen LogP contribution is 2.62. The molecule has 1 N–H and O–H groups in total. The number of rotatable bonds is 3. The van der Waals surface area contributed by atoms with Crippen molar-refractivity contribution in [2.24, 2.45) is 17.3 Å². The van der Waals surface area contributed by atoms with Gasteiger partial charge < -0.3 is 9.84 Å². The summed E-state index contributed by atoms with van der Waals surface area (Å²) in [6, 6.07) is 0. The van der Waals surface area contributed by atoms with E-state index in [1.54, 1.807) is 0 Å². The molecule has 17 heavy (non-hydrogen) atoms. The standard InChI is InChI=1S/C14H20O3/c1-9(17-2)12(15)13-4-10-3-11(5-13)7-14(16,6-10)8-13/h10-11,16H,1,3-8H2,2H3. The zero-order chi connectivity index (χ0) is 12.3. The predicted octanol–water partition coefficient (Wildman–Crippen LogP) is 2.05. The number of methoxy groups -OCH3 is 1. The van der Waals surface area contributed by atoms with Crippen molar-refractivity contribution in [2.45, 2.75) is 44.1 Å². The van der Waals surface area contributed by atoms with E-state index in [-0.39, 0.29) is 17.0 Å². The zero-order valence-corrected chi connectivity index (χ0v) is 10.4. The molecule has 0 spiro atoms. The third kappa shape index (κ3) is 1.55. The van der Waals surface area contributed by atoms with Gasteiger partial charge in [0, 0.05) is 5.41 Å². The fourth-order valence-corrected chi connectivity index (χ4v) is 4.87. The van der Waals surface area contributed by atoms with E-state index in [1.807, 2.05) is 0 Å². The highest BCUT2D eigenvalue weighted by atomic mass is 16.5. The minimum atomic E-state index is -0.590. The summed E-state index contributed by atoms with van der Waals surface area (Å²) in [5, 5.41) is 10.5. The molecule has 0 aromatic carbocycles. The van der Waals surface area contributed by atoms with Crippen molar-refractivity contribution in [3.8, 4) is 0 Å². The number of ketones is 1. The Morgan fingerprint density at radius 1 is 1.29 bits per heavy atom. The van der Waals surface area contributed by atoms with Gasteiger partial charge >= 0.3 is 0 Å². The quantitative estimate of drug-likeness (QED) is 0.602. The first-order valence-corrected chi connectivity index (χ1v) is 6.46. The molecule has 4 aliphatic carbocycles. The number of carbonyl (C=O) groups excluding carboxylic acids is 1. The maximum absolute atomic E-state index is 12.4. The number of hydrogen-bond acceptors (Lipinski definition) is 3. The van der Waals surface area contributed by atoms with E-state index in [0.29, 0.717) is 18.3 Å². The Bertz CT molecular complexity index is 371. The predicted molar refractivity (Wildman–Crippen MR) is 63.2 cm³/mol. The molecule has 4 aliphatic rings. The lowest BCUT2D eigenvalue weighted by Crippen LogP contribution is -2.58. The summed E-state index contributed by atoms with van der Waals surface area (Å²) >= 11 is 0. The maximum Gasteiger partial charge on any atom is 0.202 e. The molecule has 4 bridgehead atoms. The van der Waals surface area contributed by atoms with Crippen LogP contribution in [0, 0.1) is 17.3 Å². The van der Waals surface area contributed by atoms with Gasteiger partial charge in [0.1, 0.15) is 0 Å². The second-order valence-electron chi connectivity index (χ2n) is 6.42. The van der Waals surface area contributed by atoms with Gasteiger partial charge in [0.2, 0.25) is 5.78 Å². The molecule has 4 fully saturated rings. The van der Waals surface area contributed by atoms with Crippen LogP contribution in [-0.4, -0.2) is 23.6 Å². The van der Waals surface area contributed by atoms with E-state index in [9.17, 15) is 9.90 Å². The molecule has 0 heterocycles. The fraction of sp³-hybridized carbons (Fsp3) is 0.786. The Kier molecular flexibility index (Phi) is 2.22. The van der Waals surface area contributed by atoms with Crippen LogP contribution in [0.25, 0.3) is 0 Å². The smallest absolute Gasteiger partial charge is 0.202 e. The van der Waals surface area contributed by atoms with E-state index in [4.69, 9.17) is 4.74 Å². The molecule has 0 aromatic rings. The molecule has 2 atom stereocenters. The van der Waals surface area contributed by atoms with Crippen molar-refractivity contribution in [3.63, 3.8) is 0 Å². The summed E-state index contributed by atoms with van der Waals surface area (Å²) < 4.78 is 5.01. The third-order valence-corrected chi connectivity index (χ3v) is 5.01. The van der Waals surface area contributed by atoms with Gasteiger partial charge in [0.25, 0.3) is 0 Å². The zero-order valence-electron chi connectivity index (χ0n) is 10.4. The molecule has 2 unspecified atom stereocenters. The molecule has 3 nitrogen and oxygen atoms in total. The van der Waals surface area contributed by atoms with Crippen molar-refractivity contribution in [1.29, 1.82) is 0 Å². The molecule has 4 rings (SSSR count). The van der Waals surface area contributed by atoms with Crippen LogP contribution in [-0.2, 0) is 9.53 Å². The SMILES string of the molecule is C=C(OC)C(=O)C12CC3CC(CC(O)(C3)C1)C2. The molecule has 0 aliphatic heterocycles. The Balaban J connectivity index is 1.93. The van der Waals surface area contributed by atoms with Crippen LogP contribution in [0.5, 0.6) is 0 Å². The summed E-state index contributed by atoms with van der Waals surface area (Å²) in [4.78, 5) is 12.4. The van der Waals surface area contributed by atoms with Crippen LogP contribution in [0.1, 0.15) is 38.5 Å². The van der Waals surface area contributed by atoms with E-state index in [2.05, 4.69) is 6.58 Å². The van der Waals surface area contributed by atoms with Crippen molar-refractivity contribution < 1.29 is 14.6 Å². The molecule has 94 valence electrons. The third-order valence-electron chi connectivity index (χ3n) is 5.01. The van der Waals surface area contributed by atoms with Crippen LogP contribution in [0.4, 0.5) is 0 Å². The van der Waals surface area contributed by atoms with Gasteiger partial charge in [-0.1, -0.05) is 6.58 Å². The minimum absolute atomic E-state index is 0.0347. The molecule has 4 saturated carbocycles. The summed E-state index contributed by atoms with van der Waals surface area (Å²) in [7, 11) is 1.50. The van der Waals surface area contributed by atoms with E-state index < -0.39 is 5.60 Å². The minimum Gasteiger partial charge on any atom is -0.494 e. The lowest BCUT2D eigenvalue weighted by Gasteiger charge is -2.59. The van der Waals surface area contributed by atoms with Gasteiger partial charge in [-0.25, -0.2) is 0 Å². The molecule has 0 aromatic heterocycles. The van der Waals surface area contributed by atoms with Crippen LogP contribution < -0.4 is 0 Å². The first-order valence-electron chi connectivity index (χ1n) is 6.46. The monoisotopic (exact) mass is 236 g/mol. The molecule has 0 saturated heterocycles. The molecule has 0 radical (unpaired) electrons. The van der Waals surface area contributed by atoms with Gasteiger partial charge in [0.15, 0.2) is 5.76 Å². The lowest BCUT2D eigenvalue weighted by atomic mass is 9.47. The Labute approximate surface area is 102 Å². The first-order chi connectivity index (χ1) is 7.96. The van der Waals surface area contributed by atoms with Crippen molar-refractivity contribution in [2.75, 3.05) is 7.11 Å². The highest BCUT2D eigenvalue weighted by molar-refractivity contribution is 5.98. The van der Waals surface area contributed by atoms with E-state index >= 15 is 0 Å². The molecular weight excluding hydrogens is 216 g/mol. The number of hydrogen-bond donors (Lipinski definition) is 1. The maximum atomic E-state index is 12.4. The first kappa shape index (κ1) is 11.3. The van der Waals surface area contributed by atoms with Gasteiger partial charge in [-0.2, -0.15) is 0 Å². The lowest BCUT2D eigenvalue weighted by molar-refractivity contribution is -0.175. The summed E-state index contributed by atoms with van der Waals surface area (Å²) in [5.41, 5.74) is -0.959. The van der Waals surface area contributed by atoms with E-state index in [1.165, 1.54) is 13.5 Å². The Morgan fingerprint density at radius 3 is 2.35 bits per heavy atom. The van der Waals surface area contributed by atoms with Crippen molar-refractivity contribution in [3.05, 3.63) is 12.3 Å². The summed E-state index contributed by atoms with van der Waals surface area (Å²) in [5.74, 6) is 1.34. The normalized spacial score (nSPS) is 46.9. The average molecular weight is 236 g/mol. The molecular formula is C14H20O3. The number of Topliss-reactive ketones (excluding diaryl/α,β-unsaturated/α-hetero) is 1. The summed E-state index contributed by atoms with van der Waals surface area (Å²) in [6.45, 7) is 3.70. The summed E-state index contributed by atoms with van der Waals surface area (Å²) in [6.07, 6.45) is 5.43. The fourth-order valence-electron chi connectivity index (χ4n) is 4.87. The van der Waals surface area contributed by atoms with Crippen LogP contribution >= 0.6 is 0 Å². The van der Waals surface area contributed by atoms with Gasteiger partial charge in [0.05, 0.1) is 12.7 Å². The van der Waals surface area contributed by atoms with Gasteiger partial charge in [-0.05, 0) is 50.4 Å². The van der Waals surface area contributed by atoms with Gasteiger partial charge in [-0.3, -0.25) is 4.79 Å². The average Bonchev–Trinajstić information content (AvgIpc) is 2.23. The van der Waals surface area contributed by atoms with Crippen molar-refractivity contribution >= 4 is 5.78 Å². The van der Waals surface area contributed by atoms with E-state index in [0.717, 1.165) is 25.7 Å². The second-order valence-corrected chi connectivity index (χ2v) is 6.42. The molecule has 3 heteroatoms. The Morgan fingerprint density at radius 2 is 1.88 bits per heavy atom. The van der Waals surface area contributed by atoms with Gasteiger partial charge in [-0.15, -0.1) is 0 Å². The highest BCUT2D eigenvalue weighted by Gasteiger charge is 2.60. The number of aliphatic hydroxyl groups is 1. The number of ether oxygens (including phenoxy) is 1. The van der Waals surface area contributed by atoms with Crippen LogP contribution in [0.2, 0.25) is 0 Å². The van der Waals surface area contributed by atoms with Crippen LogP contribution in [0.3, 0.4) is 0 Å². The topological polar surface area (TPSA) is 46.5 Å². The van der Waals surface area contributed by atoms with Crippen molar-refractivity contribution in [1.82, 2.24) is 0 Å². The molecule has 0 amide bonds. The number of allylic oxidation sites excluding steroid dienone is 1. The largest absolute Gasteiger partial charge is 0.494 e. The number of carbonyl (C=O) groups is 1. The second kappa shape index (κ2) is 3.35. The Hall–Kier alpha value is -0.830. The van der Waals surface area contributed by atoms with Crippen LogP contribution in [0.15, 0.2) is 12.3 Å².